The highest BCUT2D eigenvalue weighted by Crippen LogP contribution is 2.17. The van der Waals surface area contributed by atoms with Crippen LogP contribution >= 0.6 is 11.8 Å². The molecule has 0 saturated carbocycles. The number of primary amides is 1. The average Bonchev–Trinajstić information content (AvgIpc) is 2.24. The molecule has 0 aromatic carbocycles. The van der Waals surface area contributed by atoms with Crippen molar-refractivity contribution in [2.24, 2.45) is 5.73 Å². The first-order valence-corrected chi connectivity index (χ1v) is 6.78. The third-order valence-electron chi connectivity index (χ3n) is 2.59. The van der Waals surface area contributed by atoms with Crippen LogP contribution in [-0.4, -0.2) is 40.7 Å². The maximum atomic E-state index is 11.3. The van der Waals surface area contributed by atoms with Crippen molar-refractivity contribution in [2.75, 3.05) is 18.9 Å². The Balaban J connectivity index is 3.90. The third kappa shape index (κ3) is 5.72. The second kappa shape index (κ2) is 7.92. The highest BCUT2D eigenvalue weighted by molar-refractivity contribution is 7.99. The predicted octanol–water partition coefficient (Wildman–Crippen LogP) is 0.734. The number of hydrogen-bond acceptors (Lipinski definition) is 4. The lowest BCUT2D eigenvalue weighted by Gasteiger charge is -2.27. The number of rotatable bonds is 9. The molecule has 1 amide bonds. The molecule has 0 aliphatic rings. The number of hydrogen-bond donors (Lipinski definition) is 3. The van der Waals surface area contributed by atoms with Gasteiger partial charge in [0, 0.05) is 5.25 Å². The minimum Gasteiger partial charge on any atom is -0.395 e. The molecule has 0 saturated heterocycles. The molecular formula is C11H24N2O2S. The molecule has 2 atom stereocenters. The van der Waals surface area contributed by atoms with E-state index in [1.165, 1.54) is 0 Å². The summed E-state index contributed by atoms with van der Waals surface area (Å²) in [6, 6.07) is 0. The van der Waals surface area contributed by atoms with E-state index in [0.29, 0.717) is 0 Å². The van der Waals surface area contributed by atoms with Crippen LogP contribution in [0, 0.1) is 0 Å². The molecule has 0 aromatic heterocycles. The van der Waals surface area contributed by atoms with Crippen molar-refractivity contribution in [1.29, 1.82) is 0 Å². The molecule has 4 N–H and O–H groups in total. The van der Waals surface area contributed by atoms with Gasteiger partial charge in [0.15, 0.2) is 0 Å². The number of carbonyl (C=O) groups is 1. The molecule has 5 heteroatoms. The van der Waals surface area contributed by atoms with Crippen LogP contribution < -0.4 is 11.1 Å². The van der Waals surface area contributed by atoms with E-state index in [1.807, 2.05) is 20.8 Å². The summed E-state index contributed by atoms with van der Waals surface area (Å²) in [6.07, 6.45) is 1.66. The van der Waals surface area contributed by atoms with Crippen LogP contribution in [-0.2, 0) is 4.79 Å². The molecule has 96 valence electrons. The molecule has 0 aliphatic heterocycles. The molecule has 0 aromatic rings. The molecule has 0 heterocycles. The van der Waals surface area contributed by atoms with Gasteiger partial charge in [0.1, 0.15) is 0 Å². The molecule has 4 nitrogen and oxygen atoms in total. The Hall–Kier alpha value is -0.260. The lowest BCUT2D eigenvalue weighted by Crippen LogP contribution is -2.53. The zero-order chi connectivity index (χ0) is 12.6. The third-order valence-corrected chi connectivity index (χ3v) is 3.83. The molecular weight excluding hydrogens is 224 g/mol. The van der Waals surface area contributed by atoms with Crippen LogP contribution in [0.25, 0.3) is 0 Å². The number of thioether (sulfide) groups is 1. The van der Waals surface area contributed by atoms with Gasteiger partial charge < -0.3 is 16.2 Å². The normalized spacial score (nSPS) is 16.8. The van der Waals surface area contributed by atoms with Crippen molar-refractivity contribution in [3.8, 4) is 0 Å². The molecule has 0 fully saturated rings. The van der Waals surface area contributed by atoms with Crippen molar-refractivity contribution in [2.45, 2.75) is 44.4 Å². The predicted molar refractivity (Wildman–Crippen MR) is 69.5 cm³/mol. The highest BCUT2D eigenvalue weighted by Gasteiger charge is 2.28. The summed E-state index contributed by atoms with van der Waals surface area (Å²) in [6.45, 7) is 6.73. The minimum atomic E-state index is -0.599. The number of likely N-dealkylation sites (N-methyl/N-ethyl adjacent to an activating group) is 1. The van der Waals surface area contributed by atoms with E-state index in [2.05, 4.69) is 5.32 Å². The summed E-state index contributed by atoms with van der Waals surface area (Å²) in [4.78, 5) is 11.3. The average molecular weight is 248 g/mol. The standard InChI is InChI=1S/C11H24N2O2S/c1-4-13-11(3,10(12)15)6-5-7-16-9(2)8-14/h9,13-14H,4-8H2,1-3H3,(H2,12,15). The second-order valence-electron chi connectivity index (χ2n) is 4.19. The molecule has 16 heavy (non-hydrogen) atoms. The van der Waals surface area contributed by atoms with Crippen molar-refractivity contribution < 1.29 is 9.90 Å². The van der Waals surface area contributed by atoms with Gasteiger partial charge in [-0.1, -0.05) is 13.8 Å². The molecule has 2 unspecified atom stereocenters. The van der Waals surface area contributed by atoms with Gasteiger partial charge in [0.05, 0.1) is 12.1 Å². The number of nitrogens with two attached hydrogens (primary N) is 1. The van der Waals surface area contributed by atoms with Crippen molar-refractivity contribution >= 4 is 17.7 Å². The Kier molecular flexibility index (Phi) is 7.80. The molecule has 0 radical (unpaired) electrons. The minimum absolute atomic E-state index is 0.199. The summed E-state index contributed by atoms with van der Waals surface area (Å²) in [7, 11) is 0. The van der Waals surface area contributed by atoms with E-state index in [1.54, 1.807) is 11.8 Å². The Morgan fingerprint density at radius 3 is 2.69 bits per heavy atom. The Morgan fingerprint density at radius 2 is 2.25 bits per heavy atom. The van der Waals surface area contributed by atoms with Gasteiger partial charge in [-0.2, -0.15) is 11.8 Å². The molecule has 0 rings (SSSR count). The van der Waals surface area contributed by atoms with Crippen molar-refractivity contribution in [3.05, 3.63) is 0 Å². The molecule has 0 aliphatic carbocycles. The van der Waals surface area contributed by atoms with E-state index in [9.17, 15) is 4.79 Å². The van der Waals surface area contributed by atoms with Gasteiger partial charge in [0.25, 0.3) is 0 Å². The monoisotopic (exact) mass is 248 g/mol. The SMILES string of the molecule is CCNC(C)(CCCSC(C)CO)C(N)=O. The lowest BCUT2D eigenvalue weighted by atomic mass is 9.95. The lowest BCUT2D eigenvalue weighted by molar-refractivity contribution is -0.124. The fourth-order valence-electron chi connectivity index (χ4n) is 1.45. The topological polar surface area (TPSA) is 75.3 Å². The highest BCUT2D eigenvalue weighted by atomic mass is 32.2. The van der Waals surface area contributed by atoms with Crippen LogP contribution in [0.3, 0.4) is 0 Å². The van der Waals surface area contributed by atoms with Crippen LogP contribution in [0.5, 0.6) is 0 Å². The first-order valence-electron chi connectivity index (χ1n) is 5.73. The van der Waals surface area contributed by atoms with E-state index in [4.69, 9.17) is 10.8 Å². The van der Waals surface area contributed by atoms with Gasteiger partial charge in [-0.3, -0.25) is 4.79 Å². The zero-order valence-electron chi connectivity index (χ0n) is 10.5. The summed E-state index contributed by atoms with van der Waals surface area (Å²) in [5, 5.41) is 12.2. The first kappa shape index (κ1) is 15.7. The van der Waals surface area contributed by atoms with E-state index in [0.717, 1.165) is 25.1 Å². The van der Waals surface area contributed by atoms with Gasteiger partial charge >= 0.3 is 0 Å². The quantitative estimate of drug-likeness (QED) is 0.526. The fraction of sp³-hybridized carbons (Fsp3) is 0.909. The number of amides is 1. The number of aliphatic hydroxyl groups is 1. The zero-order valence-corrected chi connectivity index (χ0v) is 11.3. The van der Waals surface area contributed by atoms with Crippen LogP contribution in [0.4, 0.5) is 0 Å². The summed E-state index contributed by atoms with van der Waals surface area (Å²) >= 11 is 1.72. The molecule has 0 bridgehead atoms. The van der Waals surface area contributed by atoms with Gasteiger partial charge in [-0.15, -0.1) is 0 Å². The first-order chi connectivity index (χ1) is 7.46. The van der Waals surface area contributed by atoms with Gasteiger partial charge in [-0.05, 0) is 32.1 Å². The van der Waals surface area contributed by atoms with Crippen molar-refractivity contribution in [3.63, 3.8) is 0 Å². The maximum absolute atomic E-state index is 11.3. The second-order valence-corrected chi connectivity index (χ2v) is 5.74. The largest absolute Gasteiger partial charge is 0.395 e. The Labute approximate surface area is 102 Å². The number of aliphatic hydroxyl groups excluding tert-OH is 1. The Bertz CT molecular complexity index is 214. The van der Waals surface area contributed by atoms with Crippen LogP contribution in [0.1, 0.15) is 33.6 Å². The fourth-order valence-corrected chi connectivity index (χ4v) is 2.27. The summed E-state index contributed by atoms with van der Waals surface area (Å²) < 4.78 is 0. The smallest absolute Gasteiger partial charge is 0.237 e. The van der Waals surface area contributed by atoms with E-state index >= 15 is 0 Å². The summed E-state index contributed by atoms with van der Waals surface area (Å²) in [5.74, 6) is 0.644. The summed E-state index contributed by atoms with van der Waals surface area (Å²) in [5.41, 5.74) is 4.78. The Morgan fingerprint density at radius 1 is 1.62 bits per heavy atom. The van der Waals surface area contributed by atoms with Gasteiger partial charge in [-0.25, -0.2) is 0 Å². The number of carbonyl (C=O) groups excluding carboxylic acids is 1. The maximum Gasteiger partial charge on any atom is 0.237 e. The van der Waals surface area contributed by atoms with E-state index < -0.39 is 5.54 Å². The molecule has 0 spiro atoms. The number of nitrogens with one attached hydrogen (secondary N) is 1. The van der Waals surface area contributed by atoms with Crippen molar-refractivity contribution in [1.82, 2.24) is 5.32 Å². The van der Waals surface area contributed by atoms with Crippen LogP contribution in [0.15, 0.2) is 0 Å². The van der Waals surface area contributed by atoms with Crippen LogP contribution in [0.2, 0.25) is 0 Å². The van der Waals surface area contributed by atoms with E-state index in [-0.39, 0.29) is 17.8 Å². The van der Waals surface area contributed by atoms with Gasteiger partial charge in [0.2, 0.25) is 5.91 Å².